The van der Waals surface area contributed by atoms with Crippen molar-refractivity contribution in [3.8, 4) is 11.4 Å². The molecule has 1 aromatic carbocycles. The number of rotatable bonds is 5. The van der Waals surface area contributed by atoms with Crippen LogP contribution in [0.3, 0.4) is 0 Å². The van der Waals surface area contributed by atoms with Gasteiger partial charge in [-0.2, -0.15) is 0 Å². The van der Waals surface area contributed by atoms with Gasteiger partial charge in [-0.25, -0.2) is 9.48 Å². The Hall–Kier alpha value is -2.44. The molecule has 112 valence electrons. The smallest absolute Gasteiger partial charge is 0.328 e. The molecule has 1 heterocycles. The predicted octanol–water partition coefficient (Wildman–Crippen LogP) is 1.90. The number of tetrazole rings is 1. The van der Waals surface area contributed by atoms with Crippen LogP contribution in [0.15, 0.2) is 18.2 Å². The zero-order chi connectivity index (χ0) is 15.6. The lowest BCUT2D eigenvalue weighted by Crippen LogP contribution is -2.27. The highest BCUT2D eigenvalue weighted by atomic mass is 16.4. The number of hydrogen-bond acceptors (Lipinski definition) is 5. The maximum Gasteiger partial charge on any atom is 0.328 e. The summed E-state index contributed by atoms with van der Waals surface area (Å²) in [6.45, 7) is 5.71. The minimum atomic E-state index is -0.946. The summed E-state index contributed by atoms with van der Waals surface area (Å²) in [6.07, 6.45) is 0.715. The number of hydrogen-bond donors (Lipinski definition) is 2. The van der Waals surface area contributed by atoms with Gasteiger partial charge in [0.15, 0.2) is 11.9 Å². The van der Waals surface area contributed by atoms with E-state index >= 15 is 0 Å². The van der Waals surface area contributed by atoms with Crippen LogP contribution in [0.5, 0.6) is 0 Å². The van der Waals surface area contributed by atoms with Gasteiger partial charge in [0, 0.05) is 11.3 Å². The largest absolute Gasteiger partial charge is 0.480 e. The van der Waals surface area contributed by atoms with E-state index in [1.54, 1.807) is 6.07 Å². The van der Waals surface area contributed by atoms with Gasteiger partial charge in [-0.15, -0.1) is 5.10 Å². The highest BCUT2D eigenvalue weighted by Gasteiger charge is 2.29. The van der Waals surface area contributed by atoms with Crippen LogP contribution < -0.4 is 5.73 Å². The van der Waals surface area contributed by atoms with E-state index in [4.69, 9.17) is 5.73 Å². The molecule has 2 aromatic rings. The van der Waals surface area contributed by atoms with Gasteiger partial charge in [0.2, 0.25) is 0 Å². The second-order valence-electron chi connectivity index (χ2n) is 5.19. The lowest BCUT2D eigenvalue weighted by Gasteiger charge is -2.19. The number of nitrogens with two attached hydrogens (primary N) is 1. The number of aromatic nitrogens is 4. The molecule has 0 spiro atoms. The maximum atomic E-state index is 11.6. The first-order chi connectivity index (χ1) is 9.95. The van der Waals surface area contributed by atoms with E-state index in [-0.39, 0.29) is 5.92 Å². The number of nitrogen functional groups attached to an aromatic ring is 1. The molecule has 1 aromatic heterocycles. The molecule has 0 amide bonds. The van der Waals surface area contributed by atoms with Crippen LogP contribution in [-0.2, 0) is 4.79 Å². The molecule has 0 fully saturated rings. The second kappa shape index (κ2) is 5.90. The molecular weight excluding hydrogens is 270 g/mol. The van der Waals surface area contributed by atoms with E-state index in [1.165, 1.54) is 4.68 Å². The zero-order valence-corrected chi connectivity index (χ0v) is 12.3. The number of aliphatic carboxylic acids is 1. The van der Waals surface area contributed by atoms with E-state index < -0.39 is 12.0 Å². The standard InChI is InChI=1S/C14H19N5O2/c1-4-8(2)12(14(20)21)19-13(16-17-18-19)10-6-5-9(3)11(15)7-10/h5-8,12H,4,15H2,1-3H3,(H,20,21). The minimum Gasteiger partial charge on any atom is -0.480 e. The normalized spacial score (nSPS) is 13.9. The average Bonchev–Trinajstić information content (AvgIpc) is 2.90. The van der Waals surface area contributed by atoms with Gasteiger partial charge in [-0.3, -0.25) is 0 Å². The van der Waals surface area contributed by atoms with Gasteiger partial charge in [-0.05, 0) is 34.9 Å². The fourth-order valence-corrected chi connectivity index (χ4v) is 2.16. The van der Waals surface area contributed by atoms with Crippen molar-refractivity contribution in [1.29, 1.82) is 0 Å². The van der Waals surface area contributed by atoms with Gasteiger partial charge >= 0.3 is 5.97 Å². The molecule has 0 saturated heterocycles. The van der Waals surface area contributed by atoms with Gasteiger partial charge in [0.05, 0.1) is 0 Å². The van der Waals surface area contributed by atoms with E-state index in [0.717, 1.165) is 5.56 Å². The monoisotopic (exact) mass is 289 g/mol. The van der Waals surface area contributed by atoms with Crippen molar-refractivity contribution in [3.05, 3.63) is 23.8 Å². The molecule has 7 heteroatoms. The number of carboxylic acids is 1. The number of nitrogens with zero attached hydrogens (tertiary/aromatic N) is 4. The third-order valence-corrected chi connectivity index (χ3v) is 3.73. The lowest BCUT2D eigenvalue weighted by molar-refractivity contribution is -0.142. The van der Waals surface area contributed by atoms with Crippen LogP contribution in [0.2, 0.25) is 0 Å². The summed E-state index contributed by atoms with van der Waals surface area (Å²) in [5.41, 5.74) is 8.19. The van der Waals surface area contributed by atoms with Gasteiger partial charge in [0.25, 0.3) is 0 Å². The number of anilines is 1. The van der Waals surface area contributed by atoms with E-state index in [2.05, 4.69) is 15.5 Å². The van der Waals surface area contributed by atoms with Crippen molar-refractivity contribution < 1.29 is 9.90 Å². The van der Waals surface area contributed by atoms with Gasteiger partial charge < -0.3 is 10.8 Å². The summed E-state index contributed by atoms with van der Waals surface area (Å²) in [5, 5.41) is 20.9. The first-order valence-corrected chi connectivity index (χ1v) is 6.82. The Labute approximate surface area is 122 Å². The van der Waals surface area contributed by atoms with E-state index in [1.807, 2.05) is 32.9 Å². The Bertz CT molecular complexity index is 653. The van der Waals surface area contributed by atoms with Crippen LogP contribution in [0.4, 0.5) is 5.69 Å². The first-order valence-electron chi connectivity index (χ1n) is 6.82. The molecule has 2 atom stereocenters. The Morgan fingerprint density at radius 2 is 2.19 bits per heavy atom. The number of carboxylic acid groups (broad SMARTS) is 1. The summed E-state index contributed by atoms with van der Waals surface area (Å²) in [4.78, 5) is 11.6. The summed E-state index contributed by atoms with van der Waals surface area (Å²) in [7, 11) is 0. The van der Waals surface area contributed by atoms with Crippen molar-refractivity contribution in [2.75, 3.05) is 5.73 Å². The Morgan fingerprint density at radius 1 is 1.48 bits per heavy atom. The quantitative estimate of drug-likeness (QED) is 0.814. The predicted molar refractivity (Wildman–Crippen MR) is 78.5 cm³/mol. The summed E-state index contributed by atoms with van der Waals surface area (Å²) < 4.78 is 1.36. The molecule has 0 aliphatic carbocycles. The van der Waals surface area contributed by atoms with Gasteiger partial charge in [-0.1, -0.05) is 32.4 Å². The molecule has 7 nitrogen and oxygen atoms in total. The molecule has 0 saturated carbocycles. The Balaban J connectivity index is 2.50. The first kappa shape index (κ1) is 15.0. The molecule has 2 rings (SSSR count). The highest BCUT2D eigenvalue weighted by Crippen LogP contribution is 2.27. The van der Waals surface area contributed by atoms with Crippen LogP contribution in [0.1, 0.15) is 31.9 Å². The maximum absolute atomic E-state index is 11.6. The minimum absolute atomic E-state index is 0.0902. The molecule has 2 unspecified atom stereocenters. The molecule has 0 bridgehead atoms. The number of benzene rings is 1. The van der Waals surface area contributed by atoms with Crippen molar-refractivity contribution in [2.24, 2.45) is 5.92 Å². The van der Waals surface area contributed by atoms with Crippen molar-refractivity contribution in [2.45, 2.75) is 33.2 Å². The topological polar surface area (TPSA) is 107 Å². The summed E-state index contributed by atoms with van der Waals surface area (Å²) in [6, 6.07) is 4.65. The number of aryl methyl sites for hydroxylation is 1. The fourth-order valence-electron chi connectivity index (χ4n) is 2.16. The fraction of sp³-hybridized carbons (Fsp3) is 0.429. The van der Waals surface area contributed by atoms with Crippen molar-refractivity contribution >= 4 is 11.7 Å². The molecular formula is C14H19N5O2. The van der Waals surface area contributed by atoms with E-state index in [9.17, 15) is 9.90 Å². The molecule has 0 aliphatic heterocycles. The third-order valence-electron chi connectivity index (χ3n) is 3.73. The van der Waals surface area contributed by atoms with Crippen molar-refractivity contribution in [1.82, 2.24) is 20.2 Å². The summed E-state index contributed by atoms with van der Waals surface area (Å²) in [5.74, 6) is -0.625. The zero-order valence-electron chi connectivity index (χ0n) is 12.3. The van der Waals surface area contributed by atoms with Crippen molar-refractivity contribution in [3.63, 3.8) is 0 Å². The molecule has 3 N–H and O–H groups in total. The molecule has 21 heavy (non-hydrogen) atoms. The second-order valence-corrected chi connectivity index (χ2v) is 5.19. The number of carbonyl (C=O) groups is 1. The lowest BCUT2D eigenvalue weighted by atomic mass is 9.99. The van der Waals surface area contributed by atoms with Crippen LogP contribution in [-0.4, -0.2) is 31.3 Å². The average molecular weight is 289 g/mol. The molecule has 0 radical (unpaired) electrons. The Morgan fingerprint density at radius 3 is 2.76 bits per heavy atom. The SMILES string of the molecule is CCC(C)C(C(=O)O)n1nnnc1-c1ccc(C)c(N)c1. The summed E-state index contributed by atoms with van der Waals surface area (Å²) >= 11 is 0. The highest BCUT2D eigenvalue weighted by molar-refractivity contribution is 5.73. The van der Waals surface area contributed by atoms with Gasteiger partial charge in [0.1, 0.15) is 0 Å². The van der Waals surface area contributed by atoms with Crippen LogP contribution in [0.25, 0.3) is 11.4 Å². The van der Waals surface area contributed by atoms with E-state index in [0.29, 0.717) is 23.5 Å². The molecule has 0 aliphatic rings. The van der Waals surface area contributed by atoms with Crippen LogP contribution >= 0.6 is 0 Å². The third kappa shape index (κ3) is 2.86. The van der Waals surface area contributed by atoms with Crippen LogP contribution in [0, 0.1) is 12.8 Å². The Kier molecular flexibility index (Phi) is 4.21.